The Kier molecular flexibility index (Phi) is 6.45. The smallest absolute Gasteiger partial charge is 0.423 e. The summed E-state index contributed by atoms with van der Waals surface area (Å²) >= 11 is 0. The zero-order valence-corrected chi connectivity index (χ0v) is 18.4. The molecular formula is C23H20F3N5O4. The highest BCUT2D eigenvalue weighted by Gasteiger charge is 2.37. The van der Waals surface area contributed by atoms with Crippen molar-refractivity contribution in [2.24, 2.45) is 0 Å². The van der Waals surface area contributed by atoms with Gasteiger partial charge >= 0.3 is 12.3 Å². The largest absolute Gasteiger partial charge is 0.465 e. The molecule has 2 aromatic carbocycles. The van der Waals surface area contributed by atoms with E-state index in [0.29, 0.717) is 24.8 Å². The fourth-order valence-electron chi connectivity index (χ4n) is 3.60. The first-order valence-corrected chi connectivity index (χ1v) is 10.5. The highest BCUT2D eigenvalue weighted by molar-refractivity contribution is 5.96. The maximum absolute atomic E-state index is 13.6. The molecule has 0 aliphatic carbocycles. The van der Waals surface area contributed by atoms with E-state index < -0.39 is 29.6 Å². The van der Waals surface area contributed by atoms with Gasteiger partial charge in [0.05, 0.1) is 5.56 Å². The Hall–Kier alpha value is -4.35. The molecule has 1 aliphatic heterocycles. The topological polar surface area (TPSA) is 117 Å². The molecule has 0 saturated heterocycles. The fraction of sp³-hybridized carbons (Fsp3) is 0.217. The van der Waals surface area contributed by atoms with E-state index in [0.717, 1.165) is 11.1 Å². The van der Waals surface area contributed by atoms with E-state index in [1.54, 1.807) is 24.3 Å². The van der Waals surface area contributed by atoms with E-state index in [2.05, 4.69) is 20.6 Å². The van der Waals surface area contributed by atoms with Crippen LogP contribution in [0.2, 0.25) is 0 Å². The molecule has 0 unspecified atom stereocenters. The van der Waals surface area contributed by atoms with Crippen LogP contribution in [-0.4, -0.2) is 45.6 Å². The second-order valence-electron chi connectivity index (χ2n) is 7.65. The molecule has 1 aliphatic rings. The van der Waals surface area contributed by atoms with Gasteiger partial charge in [0.1, 0.15) is 11.3 Å². The van der Waals surface area contributed by atoms with Gasteiger partial charge in [-0.1, -0.05) is 18.2 Å². The highest BCUT2D eigenvalue weighted by atomic mass is 19.4. The first-order chi connectivity index (χ1) is 16.7. The molecule has 182 valence electrons. The second kappa shape index (κ2) is 9.49. The quantitative estimate of drug-likeness (QED) is 0.488. The van der Waals surface area contributed by atoms with E-state index in [1.165, 1.54) is 30.1 Å². The number of fused-ring (bicyclic) bond motifs is 1. The summed E-state index contributed by atoms with van der Waals surface area (Å²) in [5.41, 5.74) is 1.11. The lowest BCUT2D eigenvalue weighted by atomic mass is 9.99. The van der Waals surface area contributed by atoms with Crippen molar-refractivity contribution in [2.45, 2.75) is 19.1 Å². The van der Waals surface area contributed by atoms with E-state index in [-0.39, 0.29) is 23.8 Å². The molecule has 1 aromatic heterocycles. The molecule has 0 saturated carbocycles. The van der Waals surface area contributed by atoms with Gasteiger partial charge < -0.3 is 25.4 Å². The van der Waals surface area contributed by atoms with Crippen LogP contribution in [-0.2, 0) is 19.1 Å². The van der Waals surface area contributed by atoms with Gasteiger partial charge in [-0.15, -0.1) is 0 Å². The number of carboxylic acid groups (broad SMARTS) is 1. The van der Waals surface area contributed by atoms with Gasteiger partial charge in [-0.05, 0) is 41.8 Å². The maximum Gasteiger partial charge on any atom is 0.423 e. The summed E-state index contributed by atoms with van der Waals surface area (Å²) in [6.45, 7) is 0.593. The van der Waals surface area contributed by atoms with Crippen LogP contribution in [0, 0.1) is 0 Å². The molecular weight excluding hydrogens is 467 g/mol. The van der Waals surface area contributed by atoms with Crippen LogP contribution in [0.3, 0.4) is 0 Å². The molecule has 4 rings (SSSR count). The molecule has 0 spiro atoms. The molecule has 2 heterocycles. The molecule has 0 bridgehead atoms. The molecule has 35 heavy (non-hydrogen) atoms. The standard InChI is InChI=1S/C23H20F3N5O4/c1-27-19(32)16-4-2-3-5-18(16)35-20-17(23(24,25)26)11-28-21(30-20)29-15-7-6-14-12-31(22(33)34)9-8-13(14)10-15/h2-7,10-11H,8-9,12H2,1H3,(H,27,32)(H,33,34)(H,28,29,30). The second-order valence-corrected chi connectivity index (χ2v) is 7.65. The zero-order valence-electron chi connectivity index (χ0n) is 18.4. The van der Waals surface area contributed by atoms with E-state index in [9.17, 15) is 22.8 Å². The van der Waals surface area contributed by atoms with Crippen LogP contribution >= 0.6 is 0 Å². The molecule has 12 heteroatoms. The van der Waals surface area contributed by atoms with Crippen molar-refractivity contribution in [2.75, 3.05) is 18.9 Å². The molecule has 2 amide bonds. The van der Waals surface area contributed by atoms with Gasteiger partial charge in [-0.2, -0.15) is 18.2 Å². The van der Waals surface area contributed by atoms with Gasteiger partial charge in [0.15, 0.2) is 0 Å². The van der Waals surface area contributed by atoms with Crippen LogP contribution < -0.4 is 15.4 Å². The van der Waals surface area contributed by atoms with Crippen LogP contribution in [0.15, 0.2) is 48.7 Å². The lowest BCUT2D eigenvalue weighted by Gasteiger charge is -2.26. The molecule has 0 radical (unpaired) electrons. The first-order valence-electron chi connectivity index (χ1n) is 10.5. The number of nitrogens with zero attached hydrogens (tertiary/aromatic N) is 3. The number of ether oxygens (including phenoxy) is 1. The number of carbonyl (C=O) groups excluding carboxylic acids is 1. The fourth-order valence-corrected chi connectivity index (χ4v) is 3.60. The van der Waals surface area contributed by atoms with Gasteiger partial charge in [0.25, 0.3) is 5.91 Å². The summed E-state index contributed by atoms with van der Waals surface area (Å²) in [7, 11) is 1.39. The lowest BCUT2D eigenvalue weighted by molar-refractivity contribution is -0.139. The molecule has 3 N–H and O–H groups in total. The molecule has 3 aromatic rings. The Morgan fingerprint density at radius 1 is 1.14 bits per heavy atom. The average Bonchev–Trinajstić information content (AvgIpc) is 2.83. The molecule has 9 nitrogen and oxygen atoms in total. The number of carbonyl (C=O) groups is 2. The van der Waals surface area contributed by atoms with Crippen molar-refractivity contribution in [3.8, 4) is 11.6 Å². The number of hydrogen-bond donors (Lipinski definition) is 3. The Balaban J connectivity index is 1.63. The third kappa shape index (κ3) is 5.26. The Bertz CT molecular complexity index is 1280. The van der Waals surface area contributed by atoms with E-state index in [1.807, 2.05) is 0 Å². The Morgan fingerprint density at radius 2 is 1.91 bits per heavy atom. The summed E-state index contributed by atoms with van der Waals surface area (Å²) in [5.74, 6) is -1.54. The van der Waals surface area contributed by atoms with Crippen LogP contribution in [0.25, 0.3) is 0 Å². The third-order valence-corrected chi connectivity index (χ3v) is 5.37. The molecule has 0 atom stereocenters. The van der Waals surface area contributed by atoms with Crippen molar-refractivity contribution in [1.29, 1.82) is 0 Å². The number of para-hydroxylation sites is 1. The number of halogens is 3. The molecule has 0 fully saturated rings. The van der Waals surface area contributed by atoms with Crippen molar-refractivity contribution in [3.05, 3.63) is 70.9 Å². The summed E-state index contributed by atoms with van der Waals surface area (Å²) in [6.07, 6.45) is -4.69. The predicted molar refractivity (Wildman–Crippen MR) is 119 cm³/mol. The zero-order chi connectivity index (χ0) is 25.2. The normalized spacial score (nSPS) is 13.1. The third-order valence-electron chi connectivity index (χ3n) is 5.37. The first kappa shape index (κ1) is 23.8. The lowest BCUT2D eigenvalue weighted by Crippen LogP contribution is -2.34. The predicted octanol–water partition coefficient (Wildman–Crippen LogP) is 4.43. The summed E-state index contributed by atoms with van der Waals surface area (Å²) in [4.78, 5) is 32.3. The van der Waals surface area contributed by atoms with Crippen LogP contribution in [0.4, 0.5) is 29.6 Å². The Morgan fingerprint density at radius 3 is 2.63 bits per heavy atom. The number of alkyl halides is 3. The van der Waals surface area contributed by atoms with Crippen LogP contribution in [0.1, 0.15) is 27.0 Å². The minimum Gasteiger partial charge on any atom is -0.465 e. The maximum atomic E-state index is 13.6. The Labute approximate surface area is 197 Å². The number of benzene rings is 2. The van der Waals surface area contributed by atoms with Crippen LogP contribution in [0.5, 0.6) is 11.6 Å². The van der Waals surface area contributed by atoms with Gasteiger partial charge in [-0.3, -0.25) is 4.79 Å². The van der Waals surface area contributed by atoms with Gasteiger partial charge in [-0.25, -0.2) is 9.78 Å². The summed E-state index contributed by atoms with van der Waals surface area (Å²) < 4.78 is 46.3. The number of anilines is 2. The average molecular weight is 487 g/mol. The summed E-state index contributed by atoms with van der Waals surface area (Å²) in [5, 5.41) is 14.4. The van der Waals surface area contributed by atoms with Crippen molar-refractivity contribution in [3.63, 3.8) is 0 Å². The van der Waals surface area contributed by atoms with E-state index >= 15 is 0 Å². The summed E-state index contributed by atoms with van der Waals surface area (Å²) in [6, 6.07) is 11.0. The van der Waals surface area contributed by atoms with E-state index in [4.69, 9.17) is 9.84 Å². The minimum atomic E-state index is -4.79. The SMILES string of the molecule is CNC(=O)c1ccccc1Oc1nc(Nc2ccc3c(c2)CCN(C(=O)O)C3)ncc1C(F)(F)F. The highest BCUT2D eigenvalue weighted by Crippen LogP contribution is 2.38. The van der Waals surface area contributed by atoms with Crippen molar-refractivity contribution < 1.29 is 32.6 Å². The number of rotatable bonds is 5. The number of amides is 2. The number of hydrogen-bond acceptors (Lipinski definition) is 6. The van der Waals surface area contributed by atoms with Crippen molar-refractivity contribution in [1.82, 2.24) is 20.2 Å². The van der Waals surface area contributed by atoms with Gasteiger partial charge in [0, 0.05) is 32.0 Å². The monoisotopic (exact) mass is 487 g/mol. The number of aromatic nitrogens is 2. The van der Waals surface area contributed by atoms with Gasteiger partial charge in [0.2, 0.25) is 11.8 Å². The number of nitrogens with one attached hydrogen (secondary N) is 2. The van der Waals surface area contributed by atoms with Crippen molar-refractivity contribution >= 4 is 23.6 Å². The minimum absolute atomic E-state index is 0.0429.